The second kappa shape index (κ2) is 12.2. The fraction of sp³-hybridized carbons (Fsp3) is 0.682. The van der Waals surface area contributed by atoms with E-state index in [1.807, 2.05) is 24.3 Å². The zero-order chi connectivity index (χ0) is 17.7. The molecule has 0 spiro atoms. The van der Waals surface area contributed by atoms with E-state index in [0.717, 1.165) is 36.3 Å². The predicted octanol–water partition coefficient (Wildman–Crippen LogP) is 7.36. The van der Waals surface area contributed by atoms with Gasteiger partial charge in [-0.15, -0.1) is 0 Å². The molecule has 0 atom stereocenters. The van der Waals surface area contributed by atoms with Gasteiger partial charge in [-0.3, -0.25) is 0 Å². The molecule has 0 amide bonds. The van der Waals surface area contributed by atoms with Gasteiger partial charge in [0.05, 0.1) is 17.5 Å². The first-order chi connectivity index (χ1) is 12.3. The number of isothiocyanates is 1. The van der Waals surface area contributed by atoms with Crippen molar-refractivity contribution in [3.8, 4) is 5.75 Å². The smallest absolute Gasteiger partial charge is 0.119 e. The molecule has 0 radical (unpaired) electrons. The van der Waals surface area contributed by atoms with Crippen LogP contribution in [0.4, 0.5) is 5.69 Å². The van der Waals surface area contributed by atoms with E-state index in [0.29, 0.717) is 0 Å². The van der Waals surface area contributed by atoms with Crippen LogP contribution in [0.5, 0.6) is 5.75 Å². The molecular formula is C22H33NOS. The van der Waals surface area contributed by atoms with Gasteiger partial charge in [0, 0.05) is 0 Å². The van der Waals surface area contributed by atoms with Gasteiger partial charge in [0.15, 0.2) is 0 Å². The summed E-state index contributed by atoms with van der Waals surface area (Å²) in [4.78, 5) is 3.95. The Morgan fingerprint density at radius 3 is 2.20 bits per heavy atom. The number of unbranched alkanes of at least 4 members (excludes halogenated alkanes) is 3. The molecular weight excluding hydrogens is 326 g/mol. The first-order valence-electron chi connectivity index (χ1n) is 10.1. The Morgan fingerprint density at radius 2 is 1.60 bits per heavy atom. The van der Waals surface area contributed by atoms with Gasteiger partial charge in [0.2, 0.25) is 0 Å². The SMILES string of the molecule is CCCCCCC1CCC(CCCOc2ccc(N=C=S)cc2)CC1. The van der Waals surface area contributed by atoms with Crippen molar-refractivity contribution in [2.75, 3.05) is 6.61 Å². The number of rotatable bonds is 11. The molecule has 1 aromatic carbocycles. The Morgan fingerprint density at radius 1 is 0.960 bits per heavy atom. The van der Waals surface area contributed by atoms with Crippen LogP contribution in [-0.4, -0.2) is 11.8 Å². The quantitative estimate of drug-likeness (QED) is 0.234. The zero-order valence-electron chi connectivity index (χ0n) is 15.7. The lowest BCUT2D eigenvalue weighted by Crippen LogP contribution is -2.15. The number of hydrogen-bond donors (Lipinski definition) is 0. The summed E-state index contributed by atoms with van der Waals surface area (Å²) in [5.74, 6) is 2.85. The van der Waals surface area contributed by atoms with Gasteiger partial charge >= 0.3 is 0 Å². The third-order valence-corrected chi connectivity index (χ3v) is 5.56. The number of hydrogen-bond acceptors (Lipinski definition) is 3. The van der Waals surface area contributed by atoms with E-state index >= 15 is 0 Å². The zero-order valence-corrected chi connectivity index (χ0v) is 16.5. The Bertz CT molecular complexity index is 513. The van der Waals surface area contributed by atoms with Crippen LogP contribution in [0.1, 0.15) is 77.6 Å². The van der Waals surface area contributed by atoms with Crippen molar-refractivity contribution < 1.29 is 4.74 Å². The molecule has 0 aromatic heterocycles. The third-order valence-electron chi connectivity index (χ3n) is 5.47. The van der Waals surface area contributed by atoms with Crippen molar-refractivity contribution >= 4 is 23.1 Å². The predicted molar refractivity (Wildman–Crippen MR) is 110 cm³/mol. The van der Waals surface area contributed by atoms with Crippen molar-refractivity contribution in [2.24, 2.45) is 16.8 Å². The first kappa shape index (κ1) is 20.1. The molecule has 0 N–H and O–H groups in total. The minimum atomic E-state index is 0.812. The van der Waals surface area contributed by atoms with E-state index in [2.05, 4.69) is 29.3 Å². The molecule has 1 aliphatic carbocycles. The van der Waals surface area contributed by atoms with E-state index in [-0.39, 0.29) is 0 Å². The van der Waals surface area contributed by atoms with Crippen LogP contribution < -0.4 is 4.74 Å². The molecule has 25 heavy (non-hydrogen) atoms. The number of thiocarbonyl (C=S) groups is 1. The molecule has 0 heterocycles. The average molecular weight is 360 g/mol. The van der Waals surface area contributed by atoms with E-state index < -0.39 is 0 Å². The summed E-state index contributed by atoms with van der Waals surface area (Å²) in [5.41, 5.74) is 0.828. The second-order valence-corrected chi connectivity index (χ2v) is 7.61. The summed E-state index contributed by atoms with van der Waals surface area (Å²) in [6.45, 7) is 3.10. The van der Waals surface area contributed by atoms with Crippen molar-refractivity contribution in [1.29, 1.82) is 0 Å². The Balaban J connectivity index is 1.53. The van der Waals surface area contributed by atoms with Crippen LogP contribution in [0.2, 0.25) is 0 Å². The lowest BCUT2D eigenvalue weighted by atomic mass is 9.78. The first-order valence-corrected chi connectivity index (χ1v) is 10.5. The molecule has 138 valence electrons. The molecule has 0 bridgehead atoms. The number of ether oxygens (including phenoxy) is 1. The van der Waals surface area contributed by atoms with Gasteiger partial charge in [-0.2, -0.15) is 4.99 Å². The summed E-state index contributed by atoms with van der Waals surface area (Å²) in [6.07, 6.45) is 15.4. The Labute approximate surface area is 159 Å². The summed E-state index contributed by atoms with van der Waals surface area (Å²) in [7, 11) is 0. The van der Waals surface area contributed by atoms with E-state index in [4.69, 9.17) is 4.74 Å². The number of aliphatic imine (C=N–C) groups is 1. The Hall–Kier alpha value is -1.18. The fourth-order valence-corrected chi connectivity index (χ4v) is 4.01. The lowest BCUT2D eigenvalue weighted by Gasteiger charge is -2.28. The number of nitrogens with zero attached hydrogens (tertiary/aromatic N) is 1. The largest absolute Gasteiger partial charge is 0.494 e. The van der Waals surface area contributed by atoms with E-state index in [1.54, 1.807) is 0 Å². The maximum absolute atomic E-state index is 5.84. The molecule has 1 saturated carbocycles. The highest BCUT2D eigenvalue weighted by atomic mass is 32.1. The molecule has 1 aromatic rings. The molecule has 0 saturated heterocycles. The van der Waals surface area contributed by atoms with E-state index in [1.165, 1.54) is 64.2 Å². The second-order valence-electron chi connectivity index (χ2n) is 7.42. The number of benzene rings is 1. The molecule has 1 aliphatic rings. The van der Waals surface area contributed by atoms with Crippen LogP contribution in [0.25, 0.3) is 0 Å². The molecule has 2 nitrogen and oxygen atoms in total. The minimum Gasteiger partial charge on any atom is -0.494 e. The van der Waals surface area contributed by atoms with Crippen molar-refractivity contribution in [3.63, 3.8) is 0 Å². The third kappa shape index (κ3) is 8.16. The highest BCUT2D eigenvalue weighted by molar-refractivity contribution is 7.78. The summed E-state index contributed by atoms with van der Waals surface area (Å²) in [5, 5.41) is 2.38. The van der Waals surface area contributed by atoms with Crippen molar-refractivity contribution in [1.82, 2.24) is 0 Å². The minimum absolute atomic E-state index is 0.812. The van der Waals surface area contributed by atoms with E-state index in [9.17, 15) is 0 Å². The van der Waals surface area contributed by atoms with Gasteiger partial charge in [-0.25, -0.2) is 0 Å². The van der Waals surface area contributed by atoms with Gasteiger partial charge in [-0.05, 0) is 61.2 Å². The van der Waals surface area contributed by atoms with Gasteiger partial charge in [0.1, 0.15) is 5.75 Å². The van der Waals surface area contributed by atoms with Crippen molar-refractivity contribution in [3.05, 3.63) is 24.3 Å². The molecule has 0 unspecified atom stereocenters. The van der Waals surface area contributed by atoms with Crippen molar-refractivity contribution in [2.45, 2.75) is 77.6 Å². The van der Waals surface area contributed by atoms with Crippen LogP contribution >= 0.6 is 12.2 Å². The monoisotopic (exact) mass is 359 g/mol. The molecule has 1 fully saturated rings. The van der Waals surface area contributed by atoms with Crippen LogP contribution in [-0.2, 0) is 0 Å². The van der Waals surface area contributed by atoms with Crippen LogP contribution in [0.15, 0.2) is 29.3 Å². The van der Waals surface area contributed by atoms with Crippen LogP contribution in [0.3, 0.4) is 0 Å². The Kier molecular flexibility index (Phi) is 9.84. The van der Waals surface area contributed by atoms with Gasteiger partial charge in [0.25, 0.3) is 0 Å². The fourth-order valence-electron chi connectivity index (χ4n) is 3.90. The summed E-state index contributed by atoms with van der Waals surface area (Å²) < 4.78 is 5.84. The highest BCUT2D eigenvalue weighted by Crippen LogP contribution is 2.34. The summed E-state index contributed by atoms with van der Waals surface area (Å²) in [6, 6.07) is 7.73. The maximum atomic E-state index is 5.84. The normalized spacial score (nSPS) is 20.0. The average Bonchev–Trinajstić information content (AvgIpc) is 2.65. The van der Waals surface area contributed by atoms with Gasteiger partial charge < -0.3 is 4.74 Å². The van der Waals surface area contributed by atoms with Crippen LogP contribution in [0, 0.1) is 11.8 Å². The standard InChI is InChI=1S/C22H33NOS/c1-2-3-4-5-7-19-9-11-20(12-10-19)8-6-17-24-22-15-13-21(14-16-22)23-18-25/h13-16,19-20H,2-12,17H2,1H3. The highest BCUT2D eigenvalue weighted by Gasteiger charge is 2.20. The lowest BCUT2D eigenvalue weighted by molar-refractivity contribution is 0.228. The molecule has 3 heteroatoms. The summed E-state index contributed by atoms with van der Waals surface area (Å²) >= 11 is 4.61. The topological polar surface area (TPSA) is 21.6 Å². The molecule has 2 rings (SSSR count). The maximum Gasteiger partial charge on any atom is 0.119 e. The van der Waals surface area contributed by atoms with Gasteiger partial charge in [-0.1, -0.05) is 64.7 Å². The molecule has 0 aliphatic heterocycles.